The molecule has 5 nitrogen and oxygen atoms in total. The molecule has 124 valence electrons. The Labute approximate surface area is 158 Å². The Morgan fingerprint density at radius 2 is 1.96 bits per heavy atom. The SMILES string of the molecule is Cc1cccc(NC(N)=NCc2ncc(-c3ccccc3)o2)c1.I. The molecule has 0 atom stereocenters. The van der Waals surface area contributed by atoms with Crippen LogP contribution < -0.4 is 11.1 Å². The van der Waals surface area contributed by atoms with Gasteiger partial charge in [-0.25, -0.2) is 9.98 Å². The molecule has 3 rings (SSSR count). The van der Waals surface area contributed by atoms with E-state index in [-0.39, 0.29) is 30.5 Å². The molecule has 1 aromatic heterocycles. The third kappa shape index (κ3) is 4.82. The van der Waals surface area contributed by atoms with Gasteiger partial charge >= 0.3 is 0 Å². The Balaban J connectivity index is 0.00000208. The van der Waals surface area contributed by atoms with Gasteiger partial charge in [-0.2, -0.15) is 0 Å². The van der Waals surface area contributed by atoms with Crippen molar-refractivity contribution in [3.8, 4) is 11.3 Å². The number of nitrogens with one attached hydrogen (secondary N) is 1. The highest BCUT2D eigenvalue weighted by Gasteiger charge is 2.05. The minimum absolute atomic E-state index is 0. The molecule has 0 bridgehead atoms. The second-order valence-electron chi connectivity index (χ2n) is 5.18. The summed E-state index contributed by atoms with van der Waals surface area (Å²) in [4.78, 5) is 8.48. The van der Waals surface area contributed by atoms with Crippen molar-refractivity contribution in [3.63, 3.8) is 0 Å². The maximum Gasteiger partial charge on any atom is 0.216 e. The van der Waals surface area contributed by atoms with Crippen LogP contribution in [-0.4, -0.2) is 10.9 Å². The van der Waals surface area contributed by atoms with Gasteiger partial charge < -0.3 is 15.5 Å². The Morgan fingerprint density at radius 3 is 2.71 bits per heavy atom. The zero-order valence-corrected chi connectivity index (χ0v) is 15.6. The van der Waals surface area contributed by atoms with Crippen molar-refractivity contribution in [2.75, 3.05) is 5.32 Å². The van der Waals surface area contributed by atoms with Crippen LogP contribution in [0.3, 0.4) is 0 Å². The van der Waals surface area contributed by atoms with Gasteiger partial charge in [-0.05, 0) is 24.6 Å². The second kappa shape index (κ2) is 8.49. The number of oxazole rings is 1. The lowest BCUT2D eigenvalue weighted by Crippen LogP contribution is -2.22. The number of hydrogen-bond acceptors (Lipinski definition) is 3. The first-order chi connectivity index (χ1) is 11.2. The molecule has 2 aromatic carbocycles. The highest BCUT2D eigenvalue weighted by Crippen LogP contribution is 2.20. The Morgan fingerprint density at radius 1 is 1.17 bits per heavy atom. The summed E-state index contributed by atoms with van der Waals surface area (Å²) in [6.45, 7) is 2.31. The molecule has 0 radical (unpaired) electrons. The fourth-order valence-corrected chi connectivity index (χ4v) is 2.18. The predicted molar refractivity (Wildman–Crippen MR) is 107 cm³/mol. The summed E-state index contributed by atoms with van der Waals surface area (Å²) in [5, 5.41) is 3.05. The number of aromatic nitrogens is 1. The lowest BCUT2D eigenvalue weighted by Gasteiger charge is -2.05. The number of benzene rings is 2. The van der Waals surface area contributed by atoms with Crippen molar-refractivity contribution in [3.05, 3.63) is 72.2 Å². The van der Waals surface area contributed by atoms with Gasteiger partial charge in [0.1, 0.15) is 6.54 Å². The summed E-state index contributed by atoms with van der Waals surface area (Å²) < 4.78 is 5.69. The smallest absolute Gasteiger partial charge is 0.216 e. The molecule has 0 spiro atoms. The van der Waals surface area contributed by atoms with E-state index in [0.717, 1.165) is 22.6 Å². The third-order valence-corrected chi connectivity index (χ3v) is 3.29. The van der Waals surface area contributed by atoms with Crippen molar-refractivity contribution in [2.45, 2.75) is 13.5 Å². The minimum atomic E-state index is 0. The van der Waals surface area contributed by atoms with E-state index in [2.05, 4.69) is 15.3 Å². The maximum absolute atomic E-state index is 5.89. The Bertz CT molecular complexity index is 815. The molecule has 1 heterocycles. The van der Waals surface area contributed by atoms with Crippen molar-refractivity contribution >= 4 is 35.6 Å². The van der Waals surface area contributed by atoms with Gasteiger partial charge in [0, 0.05) is 11.3 Å². The zero-order valence-electron chi connectivity index (χ0n) is 13.3. The van der Waals surface area contributed by atoms with Gasteiger partial charge in [0.2, 0.25) is 5.89 Å². The van der Waals surface area contributed by atoms with Gasteiger partial charge in [-0.3, -0.25) is 0 Å². The summed E-state index contributed by atoms with van der Waals surface area (Å²) >= 11 is 0. The molecule has 0 saturated heterocycles. The van der Waals surface area contributed by atoms with E-state index in [1.54, 1.807) is 6.20 Å². The number of aryl methyl sites for hydroxylation is 1. The Hall–Kier alpha value is -2.35. The van der Waals surface area contributed by atoms with E-state index >= 15 is 0 Å². The first-order valence-electron chi connectivity index (χ1n) is 7.34. The van der Waals surface area contributed by atoms with Crippen molar-refractivity contribution in [1.29, 1.82) is 0 Å². The van der Waals surface area contributed by atoms with Crippen LogP contribution in [0.15, 0.2) is 70.2 Å². The molecule has 6 heteroatoms. The molecule has 0 amide bonds. The van der Waals surface area contributed by atoms with E-state index < -0.39 is 0 Å². The molecule has 0 saturated carbocycles. The number of anilines is 1. The van der Waals surface area contributed by atoms with Crippen LogP contribution in [0.2, 0.25) is 0 Å². The number of halogens is 1. The summed E-state index contributed by atoms with van der Waals surface area (Å²) in [6.07, 6.45) is 1.70. The second-order valence-corrected chi connectivity index (χ2v) is 5.18. The lowest BCUT2D eigenvalue weighted by molar-refractivity contribution is 0.510. The molecule has 3 N–H and O–H groups in total. The summed E-state index contributed by atoms with van der Waals surface area (Å²) in [5.74, 6) is 1.58. The fraction of sp³-hybridized carbons (Fsp3) is 0.111. The average Bonchev–Trinajstić information content (AvgIpc) is 3.03. The van der Waals surface area contributed by atoms with Crippen LogP contribution in [0.25, 0.3) is 11.3 Å². The van der Waals surface area contributed by atoms with Gasteiger partial charge in [0.25, 0.3) is 0 Å². The average molecular weight is 434 g/mol. The monoisotopic (exact) mass is 434 g/mol. The minimum Gasteiger partial charge on any atom is -0.439 e. The molecule has 0 unspecified atom stereocenters. The standard InChI is InChI=1S/C18H18N4O.HI/c1-13-6-5-9-15(10-13)22-18(19)21-12-17-20-11-16(23-17)14-7-3-2-4-8-14;/h2-11H,12H2,1H3,(H3,19,21,22);1H. The third-order valence-electron chi connectivity index (χ3n) is 3.29. The number of rotatable bonds is 4. The van der Waals surface area contributed by atoms with E-state index in [4.69, 9.17) is 10.2 Å². The van der Waals surface area contributed by atoms with E-state index in [1.165, 1.54) is 0 Å². The highest BCUT2D eigenvalue weighted by molar-refractivity contribution is 14.0. The number of guanidine groups is 1. The van der Waals surface area contributed by atoms with E-state index in [9.17, 15) is 0 Å². The normalized spacial score (nSPS) is 11.0. The van der Waals surface area contributed by atoms with Crippen LogP contribution in [-0.2, 0) is 6.54 Å². The quantitative estimate of drug-likeness (QED) is 0.367. The first-order valence-corrected chi connectivity index (χ1v) is 7.34. The summed E-state index contributed by atoms with van der Waals surface area (Å²) in [5.41, 5.74) is 8.94. The van der Waals surface area contributed by atoms with Gasteiger partial charge in [-0.15, -0.1) is 24.0 Å². The summed E-state index contributed by atoms with van der Waals surface area (Å²) in [7, 11) is 0. The van der Waals surface area contributed by atoms with Crippen molar-refractivity contribution in [1.82, 2.24) is 4.98 Å². The number of nitrogens with zero attached hydrogens (tertiary/aromatic N) is 2. The molecule has 0 aliphatic rings. The van der Waals surface area contributed by atoms with Gasteiger partial charge in [0.05, 0.1) is 6.20 Å². The molecular formula is C18H19IN4O. The number of hydrogen-bond donors (Lipinski definition) is 2. The van der Waals surface area contributed by atoms with Crippen molar-refractivity contribution in [2.24, 2.45) is 10.7 Å². The number of nitrogens with two attached hydrogens (primary N) is 1. The van der Waals surface area contributed by atoms with Crippen LogP contribution in [0.5, 0.6) is 0 Å². The highest BCUT2D eigenvalue weighted by atomic mass is 127. The molecule has 0 aliphatic carbocycles. The largest absolute Gasteiger partial charge is 0.439 e. The van der Waals surface area contributed by atoms with Gasteiger partial charge in [0.15, 0.2) is 11.7 Å². The number of aliphatic imine (C=N–C) groups is 1. The van der Waals surface area contributed by atoms with E-state index in [1.807, 2.05) is 61.5 Å². The van der Waals surface area contributed by atoms with Crippen LogP contribution in [0.4, 0.5) is 5.69 Å². The Kier molecular flexibility index (Phi) is 6.36. The lowest BCUT2D eigenvalue weighted by atomic mass is 10.2. The zero-order chi connectivity index (χ0) is 16.1. The van der Waals surface area contributed by atoms with Crippen LogP contribution in [0.1, 0.15) is 11.5 Å². The molecule has 3 aromatic rings. The van der Waals surface area contributed by atoms with Crippen molar-refractivity contribution < 1.29 is 4.42 Å². The molecular weight excluding hydrogens is 415 g/mol. The topological polar surface area (TPSA) is 76.4 Å². The first kappa shape index (κ1) is 18.0. The predicted octanol–water partition coefficient (Wildman–Crippen LogP) is 4.19. The molecule has 0 fully saturated rings. The molecule has 24 heavy (non-hydrogen) atoms. The summed E-state index contributed by atoms with van der Waals surface area (Å²) in [6, 6.07) is 17.8. The van der Waals surface area contributed by atoms with Gasteiger partial charge in [-0.1, -0.05) is 42.5 Å². The fourth-order valence-electron chi connectivity index (χ4n) is 2.18. The van der Waals surface area contributed by atoms with Crippen LogP contribution in [0, 0.1) is 6.92 Å². The maximum atomic E-state index is 5.89. The van der Waals surface area contributed by atoms with Crippen LogP contribution >= 0.6 is 24.0 Å². The van der Waals surface area contributed by atoms with E-state index in [0.29, 0.717) is 11.9 Å². The molecule has 0 aliphatic heterocycles.